The smallest absolute Gasteiger partial charge is 0.226 e. The van der Waals surface area contributed by atoms with Crippen molar-refractivity contribution in [1.82, 2.24) is 4.90 Å². The van der Waals surface area contributed by atoms with Gasteiger partial charge in [-0.25, -0.2) is 4.39 Å². The minimum absolute atomic E-state index is 0. The van der Waals surface area contributed by atoms with E-state index < -0.39 is 5.82 Å². The summed E-state index contributed by atoms with van der Waals surface area (Å²) in [6.07, 6.45) is 7.77. The predicted octanol–water partition coefficient (Wildman–Crippen LogP) is 5.36. The van der Waals surface area contributed by atoms with Crippen LogP contribution in [0.1, 0.15) is 44.9 Å². The summed E-state index contributed by atoms with van der Waals surface area (Å²) >= 11 is 7.59. The van der Waals surface area contributed by atoms with E-state index >= 15 is 0 Å². The number of amides is 1. The molecule has 0 spiro atoms. The fourth-order valence-electron chi connectivity index (χ4n) is 3.42. The standard InChI is InChI=1S/C19H25ClFN3OS.ClH/c1-24-15(11-18(25)23-17-10-13(20)8-9-16(17)21)12-26-19(24)22-14-6-4-2-3-5-7-14;/h8-10,14-15H,2-7,11-12H2,1H3,(H,23,25);1H. The summed E-state index contributed by atoms with van der Waals surface area (Å²) in [6, 6.07) is 4.64. The van der Waals surface area contributed by atoms with Gasteiger partial charge in [-0.3, -0.25) is 9.79 Å². The molecule has 1 amide bonds. The van der Waals surface area contributed by atoms with Gasteiger partial charge in [-0.15, -0.1) is 12.4 Å². The Labute approximate surface area is 175 Å². The fourth-order valence-corrected chi connectivity index (χ4v) is 4.85. The zero-order valence-corrected chi connectivity index (χ0v) is 17.8. The Balaban J connectivity index is 0.00000261. The van der Waals surface area contributed by atoms with Crippen LogP contribution in [0, 0.1) is 5.82 Å². The number of rotatable bonds is 4. The lowest BCUT2D eigenvalue weighted by atomic mass is 10.1. The van der Waals surface area contributed by atoms with Crippen molar-refractivity contribution in [3.05, 3.63) is 29.0 Å². The summed E-state index contributed by atoms with van der Waals surface area (Å²) in [7, 11) is 1.99. The number of nitrogens with one attached hydrogen (secondary N) is 1. The minimum Gasteiger partial charge on any atom is -0.350 e. The first kappa shape index (κ1) is 22.3. The largest absolute Gasteiger partial charge is 0.350 e. The van der Waals surface area contributed by atoms with E-state index in [9.17, 15) is 9.18 Å². The molecule has 0 bridgehead atoms. The van der Waals surface area contributed by atoms with Gasteiger partial charge in [0.25, 0.3) is 0 Å². The van der Waals surface area contributed by atoms with E-state index in [1.807, 2.05) is 7.05 Å². The molecular weight excluding hydrogens is 408 g/mol. The molecule has 0 aromatic heterocycles. The summed E-state index contributed by atoms with van der Waals surface area (Å²) in [4.78, 5) is 19.4. The molecule has 2 aliphatic rings. The molecule has 27 heavy (non-hydrogen) atoms. The molecule has 4 nitrogen and oxygen atoms in total. The van der Waals surface area contributed by atoms with Crippen molar-refractivity contribution in [2.75, 3.05) is 18.1 Å². The van der Waals surface area contributed by atoms with E-state index in [0.717, 1.165) is 23.8 Å². The van der Waals surface area contributed by atoms with Gasteiger partial charge in [0.05, 0.1) is 11.7 Å². The number of benzene rings is 1. The van der Waals surface area contributed by atoms with Crippen LogP contribution in [0.4, 0.5) is 10.1 Å². The van der Waals surface area contributed by atoms with Gasteiger partial charge in [0.1, 0.15) is 5.82 Å². The molecule has 8 heteroatoms. The zero-order chi connectivity index (χ0) is 18.5. The van der Waals surface area contributed by atoms with Gasteiger partial charge in [0, 0.05) is 30.3 Å². The number of hydrogen-bond acceptors (Lipinski definition) is 3. The quantitative estimate of drug-likeness (QED) is 0.650. The maximum atomic E-state index is 13.8. The topological polar surface area (TPSA) is 44.7 Å². The molecule has 1 aliphatic carbocycles. The van der Waals surface area contributed by atoms with Crippen molar-refractivity contribution in [2.24, 2.45) is 4.99 Å². The molecule has 1 unspecified atom stereocenters. The van der Waals surface area contributed by atoms with Crippen LogP contribution in [-0.4, -0.2) is 40.9 Å². The van der Waals surface area contributed by atoms with E-state index in [4.69, 9.17) is 16.6 Å². The molecule has 0 radical (unpaired) electrons. The average Bonchev–Trinajstić information content (AvgIpc) is 2.80. The number of hydrogen-bond donors (Lipinski definition) is 1. The van der Waals surface area contributed by atoms with Crippen LogP contribution in [0.2, 0.25) is 5.02 Å². The molecule has 2 fully saturated rings. The van der Waals surface area contributed by atoms with Crippen LogP contribution in [0.25, 0.3) is 0 Å². The fraction of sp³-hybridized carbons (Fsp3) is 0.579. The third-order valence-corrected chi connectivity index (χ3v) is 6.43. The molecule has 1 heterocycles. The third kappa shape index (κ3) is 6.26. The summed E-state index contributed by atoms with van der Waals surface area (Å²) in [5.41, 5.74) is 0.128. The molecular formula is C19H26Cl2FN3OS. The number of amidine groups is 1. The lowest BCUT2D eigenvalue weighted by Gasteiger charge is -2.21. The van der Waals surface area contributed by atoms with Crippen LogP contribution in [0.5, 0.6) is 0 Å². The number of thioether (sulfide) groups is 1. The predicted molar refractivity (Wildman–Crippen MR) is 115 cm³/mol. The van der Waals surface area contributed by atoms with Crippen molar-refractivity contribution < 1.29 is 9.18 Å². The third-order valence-electron chi connectivity index (χ3n) is 5.00. The first-order valence-corrected chi connectivity index (χ1v) is 10.6. The first-order chi connectivity index (χ1) is 12.5. The molecule has 1 N–H and O–H groups in total. The highest BCUT2D eigenvalue weighted by molar-refractivity contribution is 8.14. The number of aliphatic imine (C=N–C) groups is 1. The van der Waals surface area contributed by atoms with Crippen molar-refractivity contribution >= 4 is 52.5 Å². The monoisotopic (exact) mass is 433 g/mol. The Morgan fingerprint density at radius 2 is 2.04 bits per heavy atom. The van der Waals surface area contributed by atoms with E-state index in [1.165, 1.54) is 43.9 Å². The highest BCUT2D eigenvalue weighted by Crippen LogP contribution is 2.28. The van der Waals surface area contributed by atoms with Crippen molar-refractivity contribution in [3.8, 4) is 0 Å². The highest BCUT2D eigenvalue weighted by atomic mass is 35.5. The van der Waals surface area contributed by atoms with Gasteiger partial charge in [-0.05, 0) is 31.0 Å². The molecule has 1 aromatic rings. The Kier molecular flexibility index (Phi) is 8.70. The number of halogens is 3. The SMILES string of the molecule is CN1C(=NC2CCCCCC2)SCC1CC(=O)Nc1cc(Cl)ccc1F.Cl. The van der Waals surface area contributed by atoms with Gasteiger partial charge in [-0.2, -0.15) is 0 Å². The lowest BCUT2D eigenvalue weighted by molar-refractivity contribution is -0.116. The average molecular weight is 434 g/mol. The zero-order valence-electron chi connectivity index (χ0n) is 15.4. The maximum absolute atomic E-state index is 13.8. The Morgan fingerprint density at radius 3 is 2.74 bits per heavy atom. The number of anilines is 1. The number of carbonyl (C=O) groups excluding carboxylic acids is 1. The highest BCUT2D eigenvalue weighted by Gasteiger charge is 2.30. The second kappa shape index (κ2) is 10.5. The lowest BCUT2D eigenvalue weighted by Crippen LogP contribution is -2.34. The van der Waals surface area contributed by atoms with Gasteiger partial charge in [0.2, 0.25) is 5.91 Å². The molecule has 1 aliphatic heterocycles. The summed E-state index contributed by atoms with van der Waals surface area (Å²) in [6.45, 7) is 0. The van der Waals surface area contributed by atoms with E-state index in [-0.39, 0.29) is 30.0 Å². The van der Waals surface area contributed by atoms with E-state index in [0.29, 0.717) is 17.5 Å². The molecule has 3 rings (SSSR count). The molecule has 150 valence electrons. The normalized spacial score (nSPS) is 22.4. The number of carbonyl (C=O) groups is 1. The Hall–Kier alpha value is -0.980. The summed E-state index contributed by atoms with van der Waals surface area (Å²) < 4.78 is 13.8. The van der Waals surface area contributed by atoms with E-state index in [2.05, 4.69) is 10.2 Å². The van der Waals surface area contributed by atoms with Crippen LogP contribution in [-0.2, 0) is 4.79 Å². The van der Waals surface area contributed by atoms with Gasteiger partial charge in [-0.1, -0.05) is 49.0 Å². The van der Waals surface area contributed by atoms with Gasteiger partial charge < -0.3 is 10.2 Å². The second-order valence-corrected chi connectivity index (χ2v) is 8.43. The summed E-state index contributed by atoms with van der Waals surface area (Å²) in [5.74, 6) is 0.139. The van der Waals surface area contributed by atoms with Crippen LogP contribution < -0.4 is 5.32 Å². The van der Waals surface area contributed by atoms with Crippen molar-refractivity contribution in [1.29, 1.82) is 0 Å². The number of nitrogens with zero attached hydrogens (tertiary/aromatic N) is 2. The maximum Gasteiger partial charge on any atom is 0.226 e. The van der Waals surface area contributed by atoms with Gasteiger partial charge in [0.15, 0.2) is 5.17 Å². The molecule has 1 saturated carbocycles. The second-order valence-electron chi connectivity index (χ2n) is 7.01. The first-order valence-electron chi connectivity index (χ1n) is 9.21. The van der Waals surface area contributed by atoms with Crippen molar-refractivity contribution in [2.45, 2.75) is 57.0 Å². The van der Waals surface area contributed by atoms with Crippen LogP contribution >= 0.6 is 35.8 Å². The molecule has 1 atom stereocenters. The summed E-state index contributed by atoms with van der Waals surface area (Å²) in [5, 5.41) is 4.06. The van der Waals surface area contributed by atoms with Crippen molar-refractivity contribution in [3.63, 3.8) is 0 Å². The minimum atomic E-state index is -0.479. The molecule has 1 saturated heterocycles. The van der Waals surface area contributed by atoms with Gasteiger partial charge >= 0.3 is 0 Å². The molecule has 1 aromatic carbocycles. The Bertz CT molecular complexity index is 681. The van der Waals surface area contributed by atoms with Crippen LogP contribution in [0.15, 0.2) is 23.2 Å². The van der Waals surface area contributed by atoms with Crippen LogP contribution in [0.3, 0.4) is 0 Å². The van der Waals surface area contributed by atoms with E-state index in [1.54, 1.807) is 11.8 Å². The Morgan fingerprint density at radius 1 is 1.33 bits per heavy atom.